The fourth-order valence-corrected chi connectivity index (χ4v) is 1.70. The molecule has 0 nitrogen and oxygen atoms in total. The molecule has 0 heterocycles. The molecule has 60 valence electrons. The second-order valence-electron chi connectivity index (χ2n) is 3.27. The quantitative estimate of drug-likeness (QED) is 0.536. The van der Waals surface area contributed by atoms with Crippen molar-refractivity contribution >= 4 is 0 Å². The summed E-state index contributed by atoms with van der Waals surface area (Å²) in [4.78, 5) is 0. The summed E-state index contributed by atoms with van der Waals surface area (Å²) >= 11 is 0. The van der Waals surface area contributed by atoms with Crippen LogP contribution in [0.4, 0.5) is 8.78 Å². The molecule has 0 aromatic rings. The lowest BCUT2D eigenvalue weighted by Gasteiger charge is -2.09. The van der Waals surface area contributed by atoms with Crippen molar-refractivity contribution < 1.29 is 8.78 Å². The first kappa shape index (κ1) is 7.96. The van der Waals surface area contributed by atoms with E-state index in [0.29, 0.717) is 0 Å². The highest BCUT2D eigenvalue weighted by molar-refractivity contribution is 4.88. The minimum absolute atomic E-state index is 0.0231. The van der Waals surface area contributed by atoms with Gasteiger partial charge in [-0.15, -0.1) is 0 Å². The Morgan fingerprint density at radius 2 is 1.90 bits per heavy atom. The van der Waals surface area contributed by atoms with Gasteiger partial charge < -0.3 is 0 Å². The highest BCUT2D eigenvalue weighted by Crippen LogP contribution is 2.37. The molecule has 0 spiro atoms. The van der Waals surface area contributed by atoms with Crippen LogP contribution in [0, 0.1) is 11.8 Å². The lowest BCUT2D eigenvalue weighted by Crippen LogP contribution is -2.18. The van der Waals surface area contributed by atoms with Crippen LogP contribution in [-0.4, -0.2) is 12.3 Å². The Bertz CT molecular complexity index is 114. The molecule has 10 heavy (non-hydrogen) atoms. The van der Waals surface area contributed by atoms with Crippen LogP contribution in [0.1, 0.15) is 26.7 Å². The Kier molecular flexibility index (Phi) is 2.27. The van der Waals surface area contributed by atoms with Crippen LogP contribution in [-0.2, 0) is 0 Å². The van der Waals surface area contributed by atoms with E-state index in [4.69, 9.17) is 0 Å². The highest BCUT2D eigenvalue weighted by Gasteiger charge is 2.40. The van der Waals surface area contributed by atoms with E-state index in [9.17, 15) is 8.78 Å². The fraction of sp³-hybridized carbons (Fsp3) is 1.00. The maximum atomic E-state index is 12.9. The van der Waals surface area contributed by atoms with Crippen molar-refractivity contribution in [1.82, 2.24) is 0 Å². The number of alkyl halides is 2. The van der Waals surface area contributed by atoms with Gasteiger partial charge in [-0.1, -0.05) is 20.3 Å². The van der Waals surface area contributed by atoms with Gasteiger partial charge in [-0.05, 0) is 18.3 Å². The SMILES string of the molecule is CCC1CC(C)[C@H](F)C1F. The predicted molar refractivity (Wildman–Crippen MR) is 37.4 cm³/mol. The van der Waals surface area contributed by atoms with Gasteiger partial charge in [0.15, 0.2) is 0 Å². The lowest BCUT2D eigenvalue weighted by molar-refractivity contribution is 0.144. The van der Waals surface area contributed by atoms with Gasteiger partial charge in [-0.3, -0.25) is 0 Å². The Morgan fingerprint density at radius 3 is 2.10 bits per heavy atom. The number of halogens is 2. The van der Waals surface area contributed by atoms with E-state index in [0.717, 1.165) is 12.8 Å². The average molecular weight is 148 g/mol. The molecule has 1 rings (SSSR count). The third kappa shape index (κ3) is 1.16. The Hall–Kier alpha value is -0.140. The van der Waals surface area contributed by atoms with Crippen molar-refractivity contribution in [2.45, 2.75) is 39.0 Å². The van der Waals surface area contributed by atoms with E-state index in [-0.39, 0.29) is 11.8 Å². The largest absolute Gasteiger partial charge is 0.244 e. The molecule has 0 radical (unpaired) electrons. The number of hydrogen-bond donors (Lipinski definition) is 0. The lowest BCUT2D eigenvalue weighted by atomic mass is 10.0. The van der Waals surface area contributed by atoms with E-state index in [1.807, 2.05) is 6.92 Å². The van der Waals surface area contributed by atoms with Crippen molar-refractivity contribution in [3.8, 4) is 0 Å². The van der Waals surface area contributed by atoms with Crippen LogP contribution < -0.4 is 0 Å². The molecule has 1 saturated carbocycles. The van der Waals surface area contributed by atoms with Gasteiger partial charge in [0.25, 0.3) is 0 Å². The maximum absolute atomic E-state index is 12.9. The first-order valence-electron chi connectivity index (χ1n) is 3.95. The van der Waals surface area contributed by atoms with Crippen molar-refractivity contribution in [2.75, 3.05) is 0 Å². The molecule has 2 heteroatoms. The summed E-state index contributed by atoms with van der Waals surface area (Å²) in [6.07, 6.45) is -0.907. The smallest absolute Gasteiger partial charge is 0.134 e. The summed E-state index contributed by atoms with van der Waals surface area (Å²) in [6.45, 7) is 3.70. The maximum Gasteiger partial charge on any atom is 0.134 e. The van der Waals surface area contributed by atoms with Crippen LogP contribution in [0.25, 0.3) is 0 Å². The van der Waals surface area contributed by atoms with Crippen LogP contribution in [0.5, 0.6) is 0 Å². The minimum atomic E-state index is -1.20. The fourth-order valence-electron chi connectivity index (χ4n) is 1.70. The van der Waals surface area contributed by atoms with E-state index >= 15 is 0 Å². The summed E-state index contributed by atoms with van der Waals surface area (Å²) < 4.78 is 25.6. The van der Waals surface area contributed by atoms with E-state index in [2.05, 4.69) is 0 Å². The highest BCUT2D eigenvalue weighted by atomic mass is 19.2. The first-order chi connectivity index (χ1) is 4.66. The molecule has 0 bridgehead atoms. The van der Waals surface area contributed by atoms with Crippen molar-refractivity contribution in [3.63, 3.8) is 0 Å². The normalized spacial score (nSPS) is 48.0. The standard InChI is InChI=1S/C8H14F2/c1-3-6-4-5(2)7(9)8(6)10/h5-8H,3-4H2,1-2H3/t5?,6?,7-,8?/m0/s1. The molecule has 0 saturated heterocycles. The van der Waals surface area contributed by atoms with Gasteiger partial charge in [-0.25, -0.2) is 8.78 Å². The monoisotopic (exact) mass is 148 g/mol. The zero-order valence-electron chi connectivity index (χ0n) is 6.48. The van der Waals surface area contributed by atoms with E-state index < -0.39 is 12.3 Å². The topological polar surface area (TPSA) is 0 Å². The first-order valence-corrected chi connectivity index (χ1v) is 3.95. The summed E-state index contributed by atoms with van der Waals surface area (Å²) in [6, 6.07) is 0. The molecule has 0 aliphatic heterocycles. The molecule has 1 fully saturated rings. The van der Waals surface area contributed by atoms with Crippen molar-refractivity contribution in [1.29, 1.82) is 0 Å². The Labute approximate surface area is 60.6 Å². The summed E-state index contributed by atoms with van der Waals surface area (Å²) in [5.74, 6) is -0.0926. The molecular weight excluding hydrogens is 134 g/mol. The molecular formula is C8H14F2. The molecule has 0 aromatic heterocycles. The summed E-state index contributed by atoms with van der Waals surface area (Å²) in [7, 11) is 0. The van der Waals surface area contributed by atoms with Gasteiger partial charge >= 0.3 is 0 Å². The Morgan fingerprint density at radius 1 is 1.30 bits per heavy atom. The zero-order valence-corrected chi connectivity index (χ0v) is 6.48. The molecule has 4 atom stereocenters. The van der Waals surface area contributed by atoms with Crippen molar-refractivity contribution in [2.24, 2.45) is 11.8 Å². The third-order valence-corrected chi connectivity index (χ3v) is 2.50. The molecule has 0 aromatic carbocycles. The molecule has 1 aliphatic rings. The van der Waals surface area contributed by atoms with Gasteiger partial charge in [0.05, 0.1) is 0 Å². The molecule has 0 N–H and O–H groups in total. The second kappa shape index (κ2) is 2.85. The van der Waals surface area contributed by atoms with Gasteiger partial charge in [0.2, 0.25) is 0 Å². The van der Waals surface area contributed by atoms with Crippen molar-refractivity contribution in [3.05, 3.63) is 0 Å². The van der Waals surface area contributed by atoms with Gasteiger partial charge in [0.1, 0.15) is 12.3 Å². The van der Waals surface area contributed by atoms with Crippen LogP contribution in [0.3, 0.4) is 0 Å². The number of rotatable bonds is 1. The van der Waals surface area contributed by atoms with Crippen LogP contribution in [0.15, 0.2) is 0 Å². The predicted octanol–water partition coefficient (Wildman–Crippen LogP) is 2.73. The Balaban J connectivity index is 2.53. The van der Waals surface area contributed by atoms with E-state index in [1.165, 1.54) is 0 Å². The van der Waals surface area contributed by atoms with Crippen LogP contribution >= 0.6 is 0 Å². The second-order valence-corrected chi connectivity index (χ2v) is 3.27. The number of hydrogen-bond acceptors (Lipinski definition) is 0. The average Bonchev–Trinajstić information content (AvgIpc) is 2.17. The molecule has 0 amide bonds. The third-order valence-electron chi connectivity index (χ3n) is 2.50. The summed E-state index contributed by atoms with van der Waals surface area (Å²) in [5, 5.41) is 0. The zero-order chi connectivity index (χ0) is 7.72. The minimum Gasteiger partial charge on any atom is -0.244 e. The molecule has 3 unspecified atom stereocenters. The van der Waals surface area contributed by atoms with Gasteiger partial charge in [0, 0.05) is 0 Å². The van der Waals surface area contributed by atoms with Gasteiger partial charge in [-0.2, -0.15) is 0 Å². The van der Waals surface area contributed by atoms with Crippen LogP contribution in [0.2, 0.25) is 0 Å². The van der Waals surface area contributed by atoms with E-state index in [1.54, 1.807) is 6.92 Å². The summed E-state index contributed by atoms with van der Waals surface area (Å²) in [5.41, 5.74) is 0. The molecule has 1 aliphatic carbocycles.